The molecule has 0 aliphatic rings. The van der Waals surface area contributed by atoms with E-state index in [4.69, 9.17) is 23.8 Å². The van der Waals surface area contributed by atoms with Crippen molar-refractivity contribution in [2.75, 3.05) is 0 Å². The molecule has 0 aliphatic carbocycles. The van der Waals surface area contributed by atoms with Crippen molar-refractivity contribution in [3.63, 3.8) is 0 Å². The van der Waals surface area contributed by atoms with Gasteiger partial charge in [-0.05, 0) is 47.7 Å². The summed E-state index contributed by atoms with van der Waals surface area (Å²) in [5, 5.41) is 1.34. The number of hydrogen-bond acceptors (Lipinski definition) is 5. The summed E-state index contributed by atoms with van der Waals surface area (Å²) in [5.74, 6) is 0. The van der Waals surface area contributed by atoms with Crippen molar-refractivity contribution in [1.82, 2.24) is 19.9 Å². The number of rotatable bonds is 3. The van der Waals surface area contributed by atoms with Crippen LogP contribution in [0.5, 0.6) is 0 Å². The van der Waals surface area contributed by atoms with Gasteiger partial charge in [0.05, 0.1) is 10.6 Å². The van der Waals surface area contributed by atoms with Crippen LogP contribution < -0.4 is 0 Å². The average Bonchev–Trinajstić information content (AvgIpc) is 2.51. The van der Waals surface area contributed by atoms with Crippen LogP contribution in [0.1, 0.15) is 0 Å². The highest BCUT2D eigenvalue weighted by Gasteiger charge is 2.09. The first-order valence-electron chi connectivity index (χ1n) is 6.02. The van der Waals surface area contributed by atoms with Gasteiger partial charge in [0, 0.05) is 23.6 Å². The lowest BCUT2D eigenvalue weighted by atomic mass is 10.1. The fourth-order valence-electron chi connectivity index (χ4n) is 1.73. The molecule has 3 aromatic rings. The molecule has 3 rings (SSSR count). The fraction of sp³-hybridized carbons (Fsp3) is 0. The molecular formula is C14H9ClN4S2. The minimum absolute atomic E-state index is 0.429. The highest BCUT2D eigenvalue weighted by Crippen LogP contribution is 2.32. The van der Waals surface area contributed by atoms with Crippen LogP contribution in [-0.2, 0) is 0 Å². The quantitative estimate of drug-likeness (QED) is 0.569. The van der Waals surface area contributed by atoms with Gasteiger partial charge >= 0.3 is 0 Å². The third kappa shape index (κ3) is 3.47. The molecule has 0 spiro atoms. The molecule has 0 saturated carbocycles. The number of H-pyrrole nitrogens is 1. The number of aromatic amines is 1. The second kappa shape index (κ2) is 6.34. The largest absolute Gasteiger partial charge is 0.329 e. The van der Waals surface area contributed by atoms with Gasteiger partial charge in [0.1, 0.15) is 0 Å². The topological polar surface area (TPSA) is 54.5 Å². The average molecular weight is 333 g/mol. The molecule has 104 valence electrons. The molecule has 0 atom stereocenters. The summed E-state index contributed by atoms with van der Waals surface area (Å²) in [4.78, 5) is 16.6. The van der Waals surface area contributed by atoms with Gasteiger partial charge in [0.15, 0.2) is 9.93 Å². The minimum atomic E-state index is 0.429. The van der Waals surface area contributed by atoms with E-state index in [1.54, 1.807) is 24.7 Å². The van der Waals surface area contributed by atoms with Crippen LogP contribution in [0.4, 0.5) is 0 Å². The Labute approximate surface area is 135 Å². The lowest BCUT2D eigenvalue weighted by molar-refractivity contribution is 0.963. The number of hydrogen-bond donors (Lipinski definition) is 1. The predicted molar refractivity (Wildman–Crippen MR) is 86.0 cm³/mol. The zero-order valence-corrected chi connectivity index (χ0v) is 13.0. The van der Waals surface area contributed by atoms with E-state index in [-0.39, 0.29) is 0 Å². The Balaban J connectivity index is 2.05. The van der Waals surface area contributed by atoms with E-state index in [1.165, 1.54) is 11.8 Å². The molecule has 7 heteroatoms. The summed E-state index contributed by atoms with van der Waals surface area (Å²) in [6.07, 6.45) is 5.13. The monoisotopic (exact) mass is 332 g/mol. The zero-order chi connectivity index (χ0) is 14.7. The maximum atomic E-state index is 5.93. The maximum Gasteiger partial charge on any atom is 0.197 e. The Kier molecular flexibility index (Phi) is 4.28. The minimum Gasteiger partial charge on any atom is -0.329 e. The number of nitrogens with one attached hydrogen (secondary N) is 1. The van der Waals surface area contributed by atoms with Gasteiger partial charge in [-0.2, -0.15) is 0 Å². The van der Waals surface area contributed by atoms with E-state index in [0.29, 0.717) is 15.0 Å². The molecule has 0 unspecified atom stereocenters. The second-order valence-electron chi connectivity index (χ2n) is 4.07. The molecule has 2 heterocycles. The number of halogens is 1. The van der Waals surface area contributed by atoms with Gasteiger partial charge in [0.2, 0.25) is 0 Å². The maximum absolute atomic E-state index is 5.93. The van der Waals surface area contributed by atoms with Gasteiger partial charge < -0.3 is 4.98 Å². The Morgan fingerprint density at radius 1 is 1.05 bits per heavy atom. The predicted octanol–water partition coefficient (Wildman–Crippen LogP) is 4.40. The number of aromatic nitrogens is 4. The van der Waals surface area contributed by atoms with E-state index < -0.39 is 0 Å². The Bertz CT molecular complexity index is 803. The Morgan fingerprint density at radius 3 is 2.48 bits per heavy atom. The summed E-state index contributed by atoms with van der Waals surface area (Å²) in [7, 11) is 0. The Hall–Kier alpha value is -1.76. The first-order valence-corrected chi connectivity index (χ1v) is 7.63. The lowest BCUT2D eigenvalue weighted by Crippen LogP contribution is -1.92. The van der Waals surface area contributed by atoms with E-state index in [0.717, 1.165) is 16.2 Å². The molecular weight excluding hydrogens is 324 g/mol. The van der Waals surface area contributed by atoms with Gasteiger partial charge in [-0.3, -0.25) is 0 Å². The summed E-state index contributed by atoms with van der Waals surface area (Å²) < 4.78 is 0.429. The molecule has 0 radical (unpaired) electrons. The number of benzene rings is 1. The van der Waals surface area contributed by atoms with Crippen LogP contribution in [0.3, 0.4) is 0 Å². The third-order valence-corrected chi connectivity index (χ3v) is 4.04. The molecule has 0 fully saturated rings. The Morgan fingerprint density at radius 2 is 1.76 bits per heavy atom. The summed E-state index contributed by atoms with van der Waals surface area (Å²) in [5.41, 5.74) is 1.86. The molecule has 0 amide bonds. The normalized spacial score (nSPS) is 10.5. The van der Waals surface area contributed by atoms with E-state index in [9.17, 15) is 0 Å². The molecule has 0 bridgehead atoms. The SMILES string of the molecule is S=c1ncc(Sc2ncccn2)c(-c2ccc(Cl)cc2)[nH]1. The van der Waals surface area contributed by atoms with Crippen molar-refractivity contribution < 1.29 is 0 Å². The van der Waals surface area contributed by atoms with E-state index >= 15 is 0 Å². The lowest BCUT2D eigenvalue weighted by Gasteiger charge is -2.08. The highest BCUT2D eigenvalue weighted by atomic mass is 35.5. The molecule has 0 saturated heterocycles. The summed E-state index contributed by atoms with van der Waals surface area (Å²) in [6.45, 7) is 0. The summed E-state index contributed by atoms with van der Waals surface area (Å²) in [6, 6.07) is 9.31. The van der Waals surface area contributed by atoms with Crippen molar-refractivity contribution >= 4 is 35.6 Å². The van der Waals surface area contributed by atoms with Crippen molar-refractivity contribution in [1.29, 1.82) is 0 Å². The first-order chi connectivity index (χ1) is 10.2. The first kappa shape index (κ1) is 14.2. The van der Waals surface area contributed by atoms with Gasteiger partial charge in [0.25, 0.3) is 0 Å². The molecule has 2 aromatic heterocycles. The van der Waals surface area contributed by atoms with Crippen LogP contribution in [0.15, 0.2) is 59.0 Å². The molecule has 1 N–H and O–H groups in total. The summed E-state index contributed by atoms with van der Waals surface area (Å²) >= 11 is 12.5. The van der Waals surface area contributed by atoms with Crippen molar-refractivity contribution in [3.05, 3.63) is 58.7 Å². The van der Waals surface area contributed by atoms with E-state index in [2.05, 4.69) is 19.9 Å². The van der Waals surface area contributed by atoms with Crippen LogP contribution in [0, 0.1) is 4.77 Å². The molecule has 21 heavy (non-hydrogen) atoms. The standard InChI is InChI=1S/C14H9ClN4S2/c15-10-4-2-9(3-5-10)12-11(8-18-13(20)19-12)21-14-16-6-1-7-17-14/h1-8H,(H,18,19,20). The van der Waals surface area contributed by atoms with Gasteiger partial charge in [-0.25, -0.2) is 15.0 Å². The smallest absolute Gasteiger partial charge is 0.197 e. The van der Waals surface area contributed by atoms with Gasteiger partial charge in [-0.15, -0.1) is 0 Å². The van der Waals surface area contributed by atoms with Crippen molar-refractivity contribution in [3.8, 4) is 11.3 Å². The highest BCUT2D eigenvalue weighted by molar-refractivity contribution is 7.99. The number of nitrogens with zero attached hydrogens (tertiary/aromatic N) is 3. The van der Waals surface area contributed by atoms with Crippen LogP contribution in [0.25, 0.3) is 11.3 Å². The zero-order valence-electron chi connectivity index (χ0n) is 10.7. The van der Waals surface area contributed by atoms with Crippen LogP contribution in [0.2, 0.25) is 5.02 Å². The van der Waals surface area contributed by atoms with Crippen LogP contribution in [-0.4, -0.2) is 19.9 Å². The van der Waals surface area contributed by atoms with Crippen molar-refractivity contribution in [2.45, 2.75) is 10.1 Å². The molecule has 4 nitrogen and oxygen atoms in total. The molecule has 0 aliphatic heterocycles. The fourth-order valence-corrected chi connectivity index (χ4v) is 2.81. The van der Waals surface area contributed by atoms with Crippen LogP contribution >= 0.6 is 35.6 Å². The van der Waals surface area contributed by atoms with Gasteiger partial charge in [-0.1, -0.05) is 23.7 Å². The van der Waals surface area contributed by atoms with E-state index in [1.807, 2.05) is 24.3 Å². The third-order valence-electron chi connectivity index (χ3n) is 2.65. The van der Waals surface area contributed by atoms with Crippen molar-refractivity contribution in [2.24, 2.45) is 0 Å². The second-order valence-corrected chi connectivity index (χ2v) is 5.90. The molecule has 1 aromatic carbocycles.